The molecule has 4 nitrogen and oxygen atoms in total. The molecule has 1 aromatic carbocycles. The lowest BCUT2D eigenvalue weighted by molar-refractivity contribution is -0.119. The SMILES string of the molecule is C#CCN(C(=O)C1CC1)c1cccc(C(=O)C=CN(C)C)c1. The third-order valence-electron chi connectivity index (χ3n) is 3.41. The lowest BCUT2D eigenvalue weighted by Crippen LogP contribution is -2.32. The summed E-state index contributed by atoms with van der Waals surface area (Å²) in [6.07, 6.45) is 10.4. The second-order valence-corrected chi connectivity index (χ2v) is 5.60. The topological polar surface area (TPSA) is 40.6 Å². The molecule has 0 aliphatic heterocycles. The predicted molar refractivity (Wildman–Crippen MR) is 87.5 cm³/mol. The molecule has 22 heavy (non-hydrogen) atoms. The summed E-state index contributed by atoms with van der Waals surface area (Å²) in [6, 6.07) is 7.04. The maximum atomic E-state index is 12.3. The van der Waals surface area contributed by atoms with Crippen LogP contribution in [0.25, 0.3) is 0 Å². The Morgan fingerprint density at radius 2 is 2.09 bits per heavy atom. The van der Waals surface area contributed by atoms with Crippen LogP contribution >= 0.6 is 0 Å². The van der Waals surface area contributed by atoms with Gasteiger partial charge in [0.25, 0.3) is 0 Å². The van der Waals surface area contributed by atoms with E-state index in [1.807, 2.05) is 20.2 Å². The Labute approximate surface area is 131 Å². The number of nitrogens with zero attached hydrogens (tertiary/aromatic N) is 2. The van der Waals surface area contributed by atoms with Gasteiger partial charge in [-0.25, -0.2) is 0 Å². The largest absolute Gasteiger partial charge is 0.383 e. The Bertz CT molecular complexity index is 637. The van der Waals surface area contributed by atoms with Gasteiger partial charge in [-0.3, -0.25) is 9.59 Å². The van der Waals surface area contributed by atoms with E-state index in [0.717, 1.165) is 12.8 Å². The second kappa shape index (κ2) is 6.95. The smallest absolute Gasteiger partial charge is 0.230 e. The van der Waals surface area contributed by atoms with E-state index in [1.54, 1.807) is 34.2 Å². The van der Waals surface area contributed by atoms with E-state index in [0.29, 0.717) is 11.3 Å². The highest BCUT2D eigenvalue weighted by atomic mass is 16.2. The maximum absolute atomic E-state index is 12.3. The van der Waals surface area contributed by atoms with E-state index in [1.165, 1.54) is 6.08 Å². The van der Waals surface area contributed by atoms with Crippen LogP contribution in [0.1, 0.15) is 23.2 Å². The number of hydrogen-bond acceptors (Lipinski definition) is 3. The average Bonchev–Trinajstić information content (AvgIpc) is 3.34. The first-order chi connectivity index (χ1) is 10.5. The molecule has 114 valence electrons. The van der Waals surface area contributed by atoms with Crippen molar-refractivity contribution in [3.05, 3.63) is 42.1 Å². The molecule has 0 heterocycles. The van der Waals surface area contributed by atoms with Crippen LogP contribution in [0.4, 0.5) is 5.69 Å². The minimum absolute atomic E-state index is 0.0476. The number of amides is 1. The molecule has 2 rings (SSSR count). The summed E-state index contributed by atoms with van der Waals surface area (Å²) >= 11 is 0. The minimum atomic E-state index is -0.102. The van der Waals surface area contributed by atoms with Crippen molar-refractivity contribution < 1.29 is 9.59 Å². The summed E-state index contributed by atoms with van der Waals surface area (Å²) in [4.78, 5) is 27.8. The van der Waals surface area contributed by atoms with Gasteiger partial charge in [-0.2, -0.15) is 0 Å². The van der Waals surface area contributed by atoms with Gasteiger partial charge in [0.05, 0.1) is 6.54 Å². The highest BCUT2D eigenvalue weighted by molar-refractivity contribution is 6.06. The number of ketones is 1. The van der Waals surface area contributed by atoms with Crippen LogP contribution in [-0.4, -0.2) is 37.2 Å². The van der Waals surface area contributed by atoms with Crippen molar-refractivity contribution >= 4 is 17.4 Å². The summed E-state index contributed by atoms with van der Waals surface area (Å²) in [7, 11) is 3.70. The number of allylic oxidation sites excluding steroid dienone is 1. The van der Waals surface area contributed by atoms with E-state index in [-0.39, 0.29) is 24.2 Å². The van der Waals surface area contributed by atoms with E-state index >= 15 is 0 Å². The van der Waals surface area contributed by atoms with Crippen LogP contribution in [0.15, 0.2) is 36.5 Å². The number of rotatable bonds is 6. The van der Waals surface area contributed by atoms with Crippen molar-refractivity contribution in [3.63, 3.8) is 0 Å². The fraction of sp³-hybridized carbons (Fsp3) is 0.333. The molecule has 0 saturated heterocycles. The third-order valence-corrected chi connectivity index (χ3v) is 3.41. The quantitative estimate of drug-likeness (QED) is 0.459. The lowest BCUT2D eigenvalue weighted by Gasteiger charge is -2.20. The highest BCUT2D eigenvalue weighted by Crippen LogP contribution is 2.32. The van der Waals surface area contributed by atoms with Gasteiger partial charge >= 0.3 is 0 Å². The van der Waals surface area contributed by atoms with Gasteiger partial charge in [-0.1, -0.05) is 18.1 Å². The fourth-order valence-corrected chi connectivity index (χ4v) is 2.08. The van der Waals surface area contributed by atoms with Crippen molar-refractivity contribution in [1.29, 1.82) is 0 Å². The zero-order valence-electron chi connectivity index (χ0n) is 13.0. The first-order valence-electron chi connectivity index (χ1n) is 7.27. The molecule has 0 N–H and O–H groups in total. The standard InChI is InChI=1S/C18H20N2O2/c1-4-11-20(18(22)14-8-9-14)16-7-5-6-15(13-16)17(21)10-12-19(2)3/h1,5-7,10,12-14H,8-9,11H2,2-3H3. The Morgan fingerprint density at radius 1 is 1.36 bits per heavy atom. The number of carbonyl (C=O) groups excluding carboxylic acids is 2. The number of anilines is 1. The maximum Gasteiger partial charge on any atom is 0.230 e. The molecule has 0 aromatic heterocycles. The second-order valence-electron chi connectivity index (χ2n) is 5.60. The average molecular weight is 296 g/mol. The molecule has 1 amide bonds. The molecule has 1 aliphatic carbocycles. The van der Waals surface area contributed by atoms with Gasteiger partial charge in [0.1, 0.15) is 0 Å². The zero-order chi connectivity index (χ0) is 16.1. The fourth-order valence-electron chi connectivity index (χ4n) is 2.08. The van der Waals surface area contributed by atoms with Crippen LogP contribution in [-0.2, 0) is 4.79 Å². The highest BCUT2D eigenvalue weighted by Gasteiger charge is 2.33. The Morgan fingerprint density at radius 3 is 2.68 bits per heavy atom. The van der Waals surface area contributed by atoms with E-state index in [4.69, 9.17) is 6.42 Å². The van der Waals surface area contributed by atoms with E-state index < -0.39 is 0 Å². The number of benzene rings is 1. The lowest BCUT2D eigenvalue weighted by atomic mass is 10.1. The molecule has 1 aromatic rings. The molecule has 1 aliphatic rings. The molecule has 0 radical (unpaired) electrons. The summed E-state index contributed by atoms with van der Waals surface area (Å²) in [5.74, 6) is 2.55. The Balaban J connectivity index is 2.23. The van der Waals surface area contributed by atoms with Crippen molar-refractivity contribution in [2.24, 2.45) is 5.92 Å². The molecular weight excluding hydrogens is 276 g/mol. The van der Waals surface area contributed by atoms with Gasteiger partial charge in [-0.05, 0) is 25.0 Å². The summed E-state index contributed by atoms with van der Waals surface area (Å²) in [5.41, 5.74) is 1.22. The first kappa shape index (κ1) is 15.8. The van der Waals surface area contributed by atoms with Crippen molar-refractivity contribution in [2.75, 3.05) is 25.5 Å². The van der Waals surface area contributed by atoms with Crippen molar-refractivity contribution in [1.82, 2.24) is 4.90 Å². The van der Waals surface area contributed by atoms with Gasteiger partial charge < -0.3 is 9.80 Å². The Kier molecular flexibility index (Phi) is 5.00. The van der Waals surface area contributed by atoms with Gasteiger partial charge in [0.15, 0.2) is 5.78 Å². The monoisotopic (exact) mass is 296 g/mol. The molecular formula is C18H20N2O2. The number of hydrogen-bond donors (Lipinski definition) is 0. The first-order valence-corrected chi connectivity index (χ1v) is 7.27. The zero-order valence-corrected chi connectivity index (χ0v) is 13.0. The van der Waals surface area contributed by atoms with Crippen LogP contribution in [0.5, 0.6) is 0 Å². The summed E-state index contributed by atoms with van der Waals surface area (Å²) in [6.45, 7) is 0.223. The molecule has 0 unspecified atom stereocenters. The van der Waals surface area contributed by atoms with E-state index in [9.17, 15) is 9.59 Å². The molecule has 0 spiro atoms. The van der Waals surface area contributed by atoms with Crippen LogP contribution in [0.3, 0.4) is 0 Å². The molecule has 0 atom stereocenters. The number of carbonyl (C=O) groups is 2. The Hall–Kier alpha value is -2.54. The van der Waals surface area contributed by atoms with Crippen LogP contribution in [0.2, 0.25) is 0 Å². The predicted octanol–water partition coefficient (Wildman–Crippen LogP) is 2.32. The summed E-state index contributed by atoms with van der Waals surface area (Å²) < 4.78 is 0. The van der Waals surface area contributed by atoms with Crippen molar-refractivity contribution in [2.45, 2.75) is 12.8 Å². The van der Waals surface area contributed by atoms with Gasteiger partial charge in [0, 0.05) is 43.5 Å². The number of terminal acetylenes is 1. The molecule has 0 bridgehead atoms. The van der Waals surface area contributed by atoms with Crippen LogP contribution in [0, 0.1) is 18.3 Å². The molecule has 1 fully saturated rings. The molecule has 4 heteroatoms. The molecule has 1 saturated carbocycles. The van der Waals surface area contributed by atoms with Crippen LogP contribution < -0.4 is 4.90 Å². The van der Waals surface area contributed by atoms with Crippen molar-refractivity contribution in [3.8, 4) is 12.3 Å². The third kappa shape index (κ3) is 3.98. The van der Waals surface area contributed by atoms with Gasteiger partial charge in [-0.15, -0.1) is 6.42 Å². The minimum Gasteiger partial charge on any atom is -0.383 e. The normalized spacial score (nSPS) is 13.7. The van der Waals surface area contributed by atoms with E-state index in [2.05, 4.69) is 5.92 Å². The summed E-state index contributed by atoms with van der Waals surface area (Å²) in [5, 5.41) is 0. The van der Waals surface area contributed by atoms with Gasteiger partial charge in [0.2, 0.25) is 5.91 Å².